The van der Waals surface area contributed by atoms with Gasteiger partial charge in [-0.15, -0.1) is 0 Å². The van der Waals surface area contributed by atoms with Gasteiger partial charge in [-0.2, -0.15) is 0 Å². The molecule has 0 spiro atoms. The molecule has 18 heavy (non-hydrogen) atoms. The van der Waals surface area contributed by atoms with Crippen LogP contribution in [0.1, 0.15) is 26.2 Å². The van der Waals surface area contributed by atoms with Crippen molar-refractivity contribution in [3.05, 3.63) is 0 Å². The van der Waals surface area contributed by atoms with Crippen LogP contribution in [0.25, 0.3) is 0 Å². The third-order valence-electron chi connectivity index (χ3n) is 3.45. The molecule has 2 rings (SSSR count). The summed E-state index contributed by atoms with van der Waals surface area (Å²) in [5, 5.41) is 3.20. The van der Waals surface area contributed by atoms with Crippen LogP contribution < -0.4 is 5.32 Å². The number of amides is 1. The minimum atomic E-state index is -0.302. The summed E-state index contributed by atoms with van der Waals surface area (Å²) in [6.45, 7) is 6.55. The van der Waals surface area contributed by atoms with Gasteiger partial charge >= 0.3 is 0 Å². The summed E-state index contributed by atoms with van der Waals surface area (Å²) in [7, 11) is 0. The van der Waals surface area contributed by atoms with E-state index >= 15 is 0 Å². The van der Waals surface area contributed by atoms with Crippen LogP contribution in [0.2, 0.25) is 0 Å². The second-order valence-corrected chi connectivity index (χ2v) is 4.98. The molecule has 0 aromatic heterocycles. The molecule has 0 bridgehead atoms. The number of ether oxygens (including phenoxy) is 2. The van der Waals surface area contributed by atoms with Crippen LogP contribution in [0.5, 0.6) is 0 Å². The first-order valence-electron chi connectivity index (χ1n) is 7.04. The van der Waals surface area contributed by atoms with Crippen molar-refractivity contribution in [3.63, 3.8) is 0 Å². The van der Waals surface area contributed by atoms with Gasteiger partial charge in [0.1, 0.15) is 6.10 Å². The molecular formula is C13H24N2O3. The van der Waals surface area contributed by atoms with Crippen molar-refractivity contribution in [1.29, 1.82) is 0 Å². The van der Waals surface area contributed by atoms with E-state index in [9.17, 15) is 4.79 Å². The summed E-state index contributed by atoms with van der Waals surface area (Å²) in [5.41, 5.74) is 0. The molecular weight excluding hydrogens is 232 g/mol. The Kier molecular flexibility index (Phi) is 5.41. The van der Waals surface area contributed by atoms with Crippen molar-refractivity contribution in [2.24, 2.45) is 0 Å². The van der Waals surface area contributed by atoms with Gasteiger partial charge in [-0.05, 0) is 19.3 Å². The fourth-order valence-electron chi connectivity index (χ4n) is 2.49. The number of hydrogen-bond donors (Lipinski definition) is 1. The van der Waals surface area contributed by atoms with Gasteiger partial charge in [0.05, 0.1) is 12.7 Å². The smallest absolute Gasteiger partial charge is 0.253 e. The van der Waals surface area contributed by atoms with Crippen molar-refractivity contribution in [3.8, 4) is 0 Å². The highest BCUT2D eigenvalue weighted by Gasteiger charge is 2.30. The van der Waals surface area contributed by atoms with Gasteiger partial charge in [0, 0.05) is 32.8 Å². The Hall–Kier alpha value is -0.650. The number of rotatable bonds is 4. The Morgan fingerprint density at radius 2 is 2.44 bits per heavy atom. The van der Waals surface area contributed by atoms with Crippen LogP contribution in [0, 0.1) is 0 Å². The molecule has 0 aromatic rings. The average Bonchev–Trinajstić information content (AvgIpc) is 2.45. The van der Waals surface area contributed by atoms with E-state index in [0.29, 0.717) is 13.2 Å². The Morgan fingerprint density at radius 3 is 3.17 bits per heavy atom. The summed E-state index contributed by atoms with van der Waals surface area (Å²) >= 11 is 0. The van der Waals surface area contributed by atoms with Crippen LogP contribution in [-0.2, 0) is 14.3 Å². The quantitative estimate of drug-likeness (QED) is 0.790. The fourth-order valence-corrected chi connectivity index (χ4v) is 2.49. The number of nitrogens with zero attached hydrogens (tertiary/aromatic N) is 1. The van der Waals surface area contributed by atoms with E-state index in [1.54, 1.807) is 0 Å². The van der Waals surface area contributed by atoms with Gasteiger partial charge in [-0.25, -0.2) is 0 Å². The molecule has 5 heteroatoms. The van der Waals surface area contributed by atoms with Crippen LogP contribution >= 0.6 is 0 Å². The van der Waals surface area contributed by atoms with E-state index in [1.807, 2.05) is 4.90 Å². The molecule has 2 aliphatic rings. The highest BCUT2D eigenvalue weighted by Crippen LogP contribution is 2.15. The minimum absolute atomic E-state index is 0.118. The number of hydrogen-bond acceptors (Lipinski definition) is 4. The summed E-state index contributed by atoms with van der Waals surface area (Å²) in [6, 6.07) is 0. The third kappa shape index (κ3) is 3.67. The van der Waals surface area contributed by atoms with Crippen molar-refractivity contribution in [2.75, 3.05) is 39.4 Å². The van der Waals surface area contributed by atoms with Gasteiger partial charge in [0.2, 0.25) is 0 Å². The summed E-state index contributed by atoms with van der Waals surface area (Å²) in [5.74, 6) is 0.118. The fraction of sp³-hybridized carbons (Fsp3) is 0.923. The zero-order valence-electron chi connectivity index (χ0n) is 11.2. The van der Waals surface area contributed by atoms with Crippen molar-refractivity contribution in [2.45, 2.75) is 38.4 Å². The molecule has 1 N–H and O–H groups in total. The Labute approximate surface area is 109 Å². The van der Waals surface area contributed by atoms with Gasteiger partial charge in [-0.1, -0.05) is 6.92 Å². The number of carbonyl (C=O) groups is 1. The molecule has 2 aliphatic heterocycles. The molecule has 0 radical (unpaired) electrons. The van der Waals surface area contributed by atoms with E-state index < -0.39 is 0 Å². The van der Waals surface area contributed by atoms with E-state index in [4.69, 9.17) is 9.47 Å². The molecule has 2 heterocycles. The normalized spacial score (nSPS) is 29.3. The van der Waals surface area contributed by atoms with Crippen LogP contribution in [-0.4, -0.2) is 62.4 Å². The lowest BCUT2D eigenvalue weighted by Crippen LogP contribution is -2.52. The molecule has 0 aromatic carbocycles. The second-order valence-electron chi connectivity index (χ2n) is 4.98. The second kappa shape index (κ2) is 7.07. The molecule has 1 amide bonds. The minimum Gasteiger partial charge on any atom is -0.376 e. The topological polar surface area (TPSA) is 50.8 Å². The van der Waals surface area contributed by atoms with Gasteiger partial charge < -0.3 is 19.7 Å². The molecule has 2 unspecified atom stereocenters. The highest BCUT2D eigenvalue weighted by molar-refractivity contribution is 5.81. The largest absolute Gasteiger partial charge is 0.376 e. The van der Waals surface area contributed by atoms with Gasteiger partial charge in [0.15, 0.2) is 0 Å². The van der Waals surface area contributed by atoms with Crippen molar-refractivity contribution in [1.82, 2.24) is 10.2 Å². The first-order chi connectivity index (χ1) is 8.81. The number of nitrogens with one attached hydrogen (secondary N) is 1. The van der Waals surface area contributed by atoms with Crippen molar-refractivity contribution >= 4 is 5.91 Å². The van der Waals surface area contributed by atoms with Crippen LogP contribution in [0.15, 0.2) is 0 Å². The maximum atomic E-state index is 12.3. The van der Waals surface area contributed by atoms with Crippen molar-refractivity contribution < 1.29 is 14.3 Å². The lowest BCUT2D eigenvalue weighted by atomic mass is 10.1. The molecule has 0 aliphatic carbocycles. The monoisotopic (exact) mass is 256 g/mol. The molecule has 2 saturated heterocycles. The number of carbonyl (C=O) groups excluding carboxylic acids is 1. The highest BCUT2D eigenvalue weighted by atomic mass is 16.5. The van der Waals surface area contributed by atoms with Gasteiger partial charge in [-0.3, -0.25) is 4.79 Å². The molecule has 104 valence electrons. The maximum absolute atomic E-state index is 12.3. The molecule has 2 fully saturated rings. The van der Waals surface area contributed by atoms with Crippen LogP contribution in [0.4, 0.5) is 0 Å². The number of morpholine rings is 1. The van der Waals surface area contributed by atoms with E-state index in [-0.39, 0.29) is 18.1 Å². The predicted octanol–water partition coefficient (Wildman–Crippen LogP) is 0.392. The summed E-state index contributed by atoms with van der Waals surface area (Å²) in [4.78, 5) is 14.2. The number of likely N-dealkylation sites (tertiary alicyclic amines) is 1. The summed E-state index contributed by atoms with van der Waals surface area (Å²) < 4.78 is 11.3. The first kappa shape index (κ1) is 13.8. The number of piperidine rings is 1. The van der Waals surface area contributed by atoms with Crippen LogP contribution in [0.3, 0.4) is 0 Å². The molecule has 2 atom stereocenters. The lowest BCUT2D eigenvalue weighted by molar-refractivity contribution is -0.149. The van der Waals surface area contributed by atoms with E-state index in [2.05, 4.69) is 12.2 Å². The molecule has 5 nitrogen and oxygen atoms in total. The summed E-state index contributed by atoms with van der Waals surface area (Å²) in [6.07, 6.45) is 3.02. The van der Waals surface area contributed by atoms with E-state index in [1.165, 1.54) is 0 Å². The third-order valence-corrected chi connectivity index (χ3v) is 3.45. The lowest BCUT2D eigenvalue weighted by Gasteiger charge is -2.35. The van der Waals surface area contributed by atoms with Gasteiger partial charge in [0.25, 0.3) is 5.91 Å². The zero-order valence-corrected chi connectivity index (χ0v) is 11.2. The zero-order chi connectivity index (χ0) is 12.8. The first-order valence-corrected chi connectivity index (χ1v) is 7.04. The average molecular weight is 256 g/mol. The Morgan fingerprint density at radius 1 is 1.56 bits per heavy atom. The standard InChI is InChI=1S/C13H24N2O3/c1-2-7-17-11-4-3-6-15(10-11)13(16)12-9-14-5-8-18-12/h11-12,14H,2-10H2,1H3. The Bertz CT molecular complexity index is 267. The van der Waals surface area contributed by atoms with E-state index in [0.717, 1.165) is 45.5 Å². The maximum Gasteiger partial charge on any atom is 0.253 e. The Balaban J connectivity index is 1.81. The molecule has 0 saturated carbocycles. The predicted molar refractivity (Wildman–Crippen MR) is 68.5 cm³/mol. The SMILES string of the molecule is CCCOC1CCCN(C(=O)C2CNCCO2)C1.